The fourth-order valence-corrected chi connectivity index (χ4v) is 7.26. The molecule has 0 radical (unpaired) electrons. The number of rotatable bonds is 4. The van der Waals surface area contributed by atoms with Gasteiger partial charge in [0.2, 0.25) is 5.91 Å². The van der Waals surface area contributed by atoms with Gasteiger partial charge in [0.25, 0.3) is 0 Å². The van der Waals surface area contributed by atoms with E-state index in [1.807, 2.05) is 45.6 Å². The number of hydrogen-bond acceptors (Lipinski definition) is 6. The Bertz CT molecular complexity index is 1600. The Labute approximate surface area is 287 Å². The Hall–Kier alpha value is -4.00. The molecule has 3 heterocycles. The summed E-state index contributed by atoms with van der Waals surface area (Å²) in [6.45, 7) is 3.90. The molecule has 6 rings (SSSR count). The zero-order chi connectivity index (χ0) is 32.9. The summed E-state index contributed by atoms with van der Waals surface area (Å²) < 4.78 is 6.88. The van der Waals surface area contributed by atoms with Crippen LogP contribution in [-0.2, 0) is 17.6 Å². The number of hydrogen-bond donors (Lipinski definition) is 2. The van der Waals surface area contributed by atoms with Gasteiger partial charge in [-0.2, -0.15) is 0 Å². The number of fused-ring (bicyclic) bond motifs is 2. The highest BCUT2D eigenvalue weighted by molar-refractivity contribution is 9.10. The molecule has 2 saturated heterocycles. The Morgan fingerprint density at radius 3 is 2.40 bits per heavy atom. The van der Waals surface area contributed by atoms with Crippen molar-refractivity contribution in [3.63, 3.8) is 0 Å². The number of pyridine rings is 1. The van der Waals surface area contributed by atoms with Crippen molar-refractivity contribution >= 4 is 51.5 Å². The molecule has 47 heavy (non-hydrogen) atoms. The van der Waals surface area contributed by atoms with E-state index in [0.29, 0.717) is 38.3 Å². The molecule has 0 saturated carbocycles. The molecule has 246 valence electrons. The Morgan fingerprint density at radius 2 is 1.68 bits per heavy atom. The Morgan fingerprint density at radius 1 is 0.957 bits per heavy atom. The molecule has 1 atom stereocenters. The summed E-state index contributed by atoms with van der Waals surface area (Å²) in [6.07, 6.45) is 5.61. The van der Waals surface area contributed by atoms with Crippen molar-refractivity contribution in [2.75, 3.05) is 39.3 Å². The minimum atomic E-state index is -0.991. The maximum atomic E-state index is 13.5. The lowest BCUT2D eigenvalue weighted by Crippen LogP contribution is -2.50. The van der Waals surface area contributed by atoms with Crippen LogP contribution in [0.25, 0.3) is 0 Å². The number of nitrogens with one attached hydrogen (secondary N) is 1. The van der Waals surface area contributed by atoms with E-state index >= 15 is 0 Å². The predicted molar refractivity (Wildman–Crippen MR) is 182 cm³/mol. The van der Waals surface area contributed by atoms with Gasteiger partial charge < -0.3 is 20.3 Å². The smallest absolute Gasteiger partial charge is 0.353 e. The molecule has 1 aliphatic carbocycles. The van der Waals surface area contributed by atoms with E-state index in [1.54, 1.807) is 12.1 Å². The molecular formula is C34H37BrClN7O4. The molecule has 0 bridgehead atoms. The van der Waals surface area contributed by atoms with Gasteiger partial charge in [-0.05, 0) is 94.6 Å². The number of imide groups is 1. The number of benzene rings is 2. The van der Waals surface area contributed by atoms with Crippen LogP contribution >= 0.6 is 27.5 Å². The van der Waals surface area contributed by atoms with E-state index in [-0.39, 0.29) is 23.9 Å². The van der Waals surface area contributed by atoms with E-state index in [2.05, 4.69) is 44.0 Å². The first kappa shape index (κ1) is 32.9. The first-order valence-electron chi connectivity index (χ1n) is 15.8. The number of piperidine rings is 1. The standard InChI is InChI=1S/C34H37BrClN7O4/c35-25-19-24-7-6-23-20-26(36)8-9-28(23)31(30(24)38-21-25)42-16-14-41(15-17-42)29(44)18-22-10-12-43(13-11-22)34(40-33(46)39-32(37)45)47-27-4-2-1-3-5-27/h1-5,8-9,19-22,31H,6-7,10-18H2,(H3,37,39,45,46). The maximum Gasteiger partial charge on any atom is 0.353 e. The lowest BCUT2D eigenvalue weighted by Gasteiger charge is -2.40. The molecule has 3 aliphatic rings. The molecule has 2 aromatic carbocycles. The number of amidine groups is 1. The maximum absolute atomic E-state index is 13.5. The van der Waals surface area contributed by atoms with Gasteiger partial charge in [0, 0.05) is 61.4 Å². The number of primary amides is 1. The molecule has 13 heteroatoms. The third-order valence-corrected chi connectivity index (χ3v) is 9.72. The highest BCUT2D eigenvalue weighted by Crippen LogP contribution is 2.38. The van der Waals surface area contributed by atoms with Crippen LogP contribution in [0.15, 0.2) is 70.3 Å². The second-order valence-corrected chi connectivity index (χ2v) is 13.5. The fourth-order valence-electron chi connectivity index (χ4n) is 6.69. The number of halogens is 2. The topological polar surface area (TPSA) is 133 Å². The average molecular weight is 723 g/mol. The summed E-state index contributed by atoms with van der Waals surface area (Å²) in [5.74, 6) is 0.869. The Balaban J connectivity index is 1.06. The van der Waals surface area contributed by atoms with Gasteiger partial charge in [-0.3, -0.25) is 20.0 Å². The first-order valence-corrected chi connectivity index (χ1v) is 17.0. The van der Waals surface area contributed by atoms with Gasteiger partial charge in [-0.1, -0.05) is 35.9 Å². The number of aryl methyl sites for hydroxylation is 2. The molecule has 2 aliphatic heterocycles. The third kappa shape index (κ3) is 8.11. The number of urea groups is 2. The predicted octanol–water partition coefficient (Wildman–Crippen LogP) is 5.16. The molecule has 3 N–H and O–H groups in total. The summed E-state index contributed by atoms with van der Waals surface area (Å²) in [4.78, 5) is 52.0. The average Bonchev–Trinajstić information content (AvgIpc) is 3.21. The van der Waals surface area contributed by atoms with Gasteiger partial charge >= 0.3 is 18.1 Å². The van der Waals surface area contributed by atoms with Crippen LogP contribution in [0.2, 0.25) is 5.02 Å². The van der Waals surface area contributed by atoms with Gasteiger partial charge in [-0.15, -0.1) is 4.99 Å². The molecule has 11 nitrogen and oxygen atoms in total. The van der Waals surface area contributed by atoms with Crippen molar-refractivity contribution in [2.24, 2.45) is 16.6 Å². The number of likely N-dealkylation sites (tertiary alicyclic amines) is 1. The molecule has 1 aromatic heterocycles. The van der Waals surface area contributed by atoms with E-state index in [9.17, 15) is 14.4 Å². The molecule has 0 spiro atoms. The number of aromatic nitrogens is 1. The lowest BCUT2D eigenvalue weighted by molar-refractivity contribution is -0.134. The molecule has 5 amide bonds. The first-order chi connectivity index (χ1) is 22.7. The number of amides is 5. The van der Waals surface area contributed by atoms with Crippen LogP contribution < -0.4 is 15.8 Å². The van der Waals surface area contributed by atoms with Crippen LogP contribution in [0, 0.1) is 5.92 Å². The van der Waals surface area contributed by atoms with Crippen LogP contribution in [0.3, 0.4) is 0 Å². The molecule has 2 fully saturated rings. The van der Waals surface area contributed by atoms with E-state index in [4.69, 9.17) is 27.1 Å². The second-order valence-electron chi connectivity index (χ2n) is 12.1. The minimum absolute atomic E-state index is 0.00784. The van der Waals surface area contributed by atoms with Crippen molar-refractivity contribution in [2.45, 2.75) is 38.1 Å². The van der Waals surface area contributed by atoms with Crippen LogP contribution in [0.1, 0.15) is 47.7 Å². The molecule has 1 unspecified atom stereocenters. The Kier molecular flexibility index (Phi) is 10.4. The highest BCUT2D eigenvalue weighted by atomic mass is 79.9. The number of piperazine rings is 1. The zero-order valence-electron chi connectivity index (χ0n) is 25.9. The zero-order valence-corrected chi connectivity index (χ0v) is 28.3. The van der Waals surface area contributed by atoms with Gasteiger partial charge in [0.15, 0.2) is 0 Å². The van der Waals surface area contributed by atoms with Crippen LogP contribution in [-0.4, -0.2) is 82.9 Å². The summed E-state index contributed by atoms with van der Waals surface area (Å²) in [6, 6.07) is 15.5. The largest absolute Gasteiger partial charge is 0.426 e. The SMILES string of the molecule is NC(=O)NC(=O)N=C(Oc1ccccc1)N1CCC(CC(=O)N2CCN(C3c4ccc(Cl)cc4CCc4cc(Br)cnc43)CC2)CC1. The number of nitrogens with two attached hydrogens (primary N) is 1. The highest BCUT2D eigenvalue weighted by Gasteiger charge is 2.34. The lowest BCUT2D eigenvalue weighted by atomic mass is 9.93. The number of para-hydroxylation sites is 1. The van der Waals surface area contributed by atoms with Crippen molar-refractivity contribution in [3.05, 3.63) is 92.7 Å². The number of carbonyl (C=O) groups excluding carboxylic acids is 3. The van der Waals surface area contributed by atoms with Gasteiger partial charge in [-0.25, -0.2) is 9.59 Å². The van der Waals surface area contributed by atoms with Gasteiger partial charge in [0.05, 0.1) is 11.7 Å². The van der Waals surface area contributed by atoms with Crippen LogP contribution in [0.5, 0.6) is 5.75 Å². The summed E-state index contributed by atoms with van der Waals surface area (Å²) in [7, 11) is 0. The van der Waals surface area contributed by atoms with Gasteiger partial charge in [0.1, 0.15) is 5.75 Å². The fraction of sp³-hybridized carbons (Fsp3) is 0.382. The monoisotopic (exact) mass is 721 g/mol. The van der Waals surface area contributed by atoms with Crippen molar-refractivity contribution in [3.8, 4) is 5.75 Å². The van der Waals surface area contributed by atoms with Crippen LogP contribution in [0.4, 0.5) is 9.59 Å². The van der Waals surface area contributed by atoms with E-state index in [0.717, 1.165) is 54.0 Å². The second kappa shape index (κ2) is 14.8. The number of aliphatic imine (C=N–C) groups is 1. The summed E-state index contributed by atoms with van der Waals surface area (Å²) >= 11 is 10.00. The van der Waals surface area contributed by atoms with Crippen molar-refractivity contribution in [1.82, 2.24) is 25.0 Å². The van der Waals surface area contributed by atoms with Crippen molar-refractivity contribution in [1.29, 1.82) is 0 Å². The summed E-state index contributed by atoms with van der Waals surface area (Å²) in [5, 5.41) is 2.69. The van der Waals surface area contributed by atoms with Crippen molar-refractivity contribution < 1.29 is 19.1 Å². The number of nitrogens with zero attached hydrogens (tertiary/aromatic N) is 5. The summed E-state index contributed by atoms with van der Waals surface area (Å²) in [5.41, 5.74) is 9.88. The molecular weight excluding hydrogens is 686 g/mol. The third-order valence-electron chi connectivity index (χ3n) is 9.05. The quantitative estimate of drug-likeness (QED) is 0.281. The molecule has 3 aromatic rings. The normalized spacial score (nSPS) is 18.9. The van der Waals surface area contributed by atoms with E-state index in [1.165, 1.54) is 16.7 Å². The number of carbonyl (C=O) groups is 3. The van der Waals surface area contributed by atoms with E-state index < -0.39 is 12.1 Å². The number of ether oxygens (including phenoxy) is 1. The minimum Gasteiger partial charge on any atom is -0.426 e.